The Morgan fingerprint density at radius 2 is 2.04 bits per heavy atom. The Balaban J connectivity index is 0.00000338. The minimum atomic E-state index is -4.45. The molecular weight excluding hydrogens is 373 g/mol. The van der Waals surface area contributed by atoms with E-state index in [2.05, 4.69) is 15.7 Å². The molecule has 2 rings (SSSR count). The van der Waals surface area contributed by atoms with E-state index in [0.29, 0.717) is 24.7 Å². The summed E-state index contributed by atoms with van der Waals surface area (Å²) in [4.78, 5) is 12.0. The number of carbonyl (C=O) groups excluding carboxylic acids is 1. The third-order valence-corrected chi connectivity index (χ3v) is 3.29. The summed E-state index contributed by atoms with van der Waals surface area (Å²) in [5, 5.41) is 9.69. The minimum absolute atomic E-state index is 0. The van der Waals surface area contributed by atoms with Gasteiger partial charge in [0.15, 0.2) is 0 Å². The Kier molecular flexibility index (Phi) is 8.07. The van der Waals surface area contributed by atoms with Crippen LogP contribution in [0.2, 0.25) is 0 Å². The molecule has 0 spiro atoms. The molecule has 2 N–H and O–H groups in total. The van der Waals surface area contributed by atoms with Crippen molar-refractivity contribution in [1.82, 2.24) is 15.1 Å². The first-order valence-electron chi connectivity index (χ1n) is 7.55. The molecule has 0 bridgehead atoms. The number of benzene rings is 1. The molecule has 0 saturated heterocycles. The molecule has 0 saturated carbocycles. The van der Waals surface area contributed by atoms with Gasteiger partial charge < -0.3 is 15.4 Å². The number of aromatic nitrogens is 2. The first-order valence-corrected chi connectivity index (χ1v) is 7.55. The third kappa shape index (κ3) is 6.01. The number of methoxy groups -OCH3 is 1. The average Bonchev–Trinajstić information content (AvgIpc) is 2.91. The molecule has 1 heterocycles. The Bertz CT molecular complexity index is 735. The zero-order valence-electron chi connectivity index (χ0n) is 14.3. The van der Waals surface area contributed by atoms with Gasteiger partial charge in [-0.05, 0) is 25.1 Å². The topological polar surface area (TPSA) is 68.2 Å². The number of amides is 1. The van der Waals surface area contributed by atoms with Gasteiger partial charge in [0.2, 0.25) is 5.91 Å². The highest BCUT2D eigenvalue weighted by molar-refractivity contribution is 5.91. The molecule has 10 heteroatoms. The van der Waals surface area contributed by atoms with E-state index in [-0.39, 0.29) is 30.5 Å². The Labute approximate surface area is 155 Å². The fraction of sp³-hybridized carbons (Fsp3) is 0.375. The summed E-state index contributed by atoms with van der Waals surface area (Å²) >= 11 is 0. The van der Waals surface area contributed by atoms with Gasteiger partial charge in [0.1, 0.15) is 5.82 Å². The number of alkyl halides is 3. The molecule has 2 aromatic rings. The first kappa shape index (κ1) is 21.9. The van der Waals surface area contributed by atoms with Crippen LogP contribution in [-0.2, 0) is 15.7 Å². The van der Waals surface area contributed by atoms with Gasteiger partial charge >= 0.3 is 6.18 Å². The van der Waals surface area contributed by atoms with Crippen molar-refractivity contribution in [2.24, 2.45) is 0 Å². The minimum Gasteiger partial charge on any atom is -0.383 e. The maximum absolute atomic E-state index is 12.9. The van der Waals surface area contributed by atoms with Gasteiger partial charge in [0.05, 0.1) is 30.1 Å². The van der Waals surface area contributed by atoms with E-state index in [0.717, 1.165) is 12.1 Å². The van der Waals surface area contributed by atoms with Crippen molar-refractivity contribution in [2.75, 3.05) is 32.1 Å². The molecule has 1 aromatic heterocycles. The SMILES string of the molecule is COCCNCC(=O)Nc1cc(C)nn1-c1cccc(C(F)(F)F)c1.Cl. The van der Waals surface area contributed by atoms with Gasteiger partial charge in [0.25, 0.3) is 0 Å². The molecule has 0 aliphatic rings. The summed E-state index contributed by atoms with van der Waals surface area (Å²) in [5.41, 5.74) is 0.00211. The van der Waals surface area contributed by atoms with Gasteiger partial charge in [0, 0.05) is 19.7 Å². The van der Waals surface area contributed by atoms with E-state index in [1.54, 1.807) is 20.1 Å². The van der Waals surface area contributed by atoms with Gasteiger partial charge in [-0.15, -0.1) is 12.4 Å². The molecule has 0 aliphatic carbocycles. The summed E-state index contributed by atoms with van der Waals surface area (Å²) in [5.74, 6) is -0.0282. The summed E-state index contributed by atoms with van der Waals surface area (Å²) in [6.45, 7) is 2.72. The summed E-state index contributed by atoms with van der Waals surface area (Å²) in [6.07, 6.45) is -4.45. The number of nitrogens with zero attached hydrogens (tertiary/aromatic N) is 2. The second kappa shape index (κ2) is 9.56. The lowest BCUT2D eigenvalue weighted by molar-refractivity contribution is -0.137. The molecule has 0 atom stereocenters. The predicted molar refractivity (Wildman–Crippen MR) is 93.9 cm³/mol. The number of halogens is 4. The third-order valence-electron chi connectivity index (χ3n) is 3.29. The lowest BCUT2D eigenvalue weighted by Gasteiger charge is -2.12. The lowest BCUT2D eigenvalue weighted by atomic mass is 10.2. The average molecular weight is 393 g/mol. The van der Waals surface area contributed by atoms with Crippen molar-refractivity contribution in [3.8, 4) is 5.69 Å². The fourth-order valence-corrected chi connectivity index (χ4v) is 2.16. The number of ether oxygens (including phenoxy) is 1. The van der Waals surface area contributed by atoms with Crippen LogP contribution in [0.5, 0.6) is 0 Å². The monoisotopic (exact) mass is 392 g/mol. The van der Waals surface area contributed by atoms with Crippen LogP contribution >= 0.6 is 12.4 Å². The van der Waals surface area contributed by atoms with Crippen molar-refractivity contribution in [2.45, 2.75) is 13.1 Å². The van der Waals surface area contributed by atoms with Crippen molar-refractivity contribution in [1.29, 1.82) is 0 Å². The quantitative estimate of drug-likeness (QED) is 0.711. The molecule has 1 amide bonds. The number of aryl methyl sites for hydroxylation is 1. The van der Waals surface area contributed by atoms with E-state index in [1.165, 1.54) is 16.8 Å². The van der Waals surface area contributed by atoms with E-state index in [9.17, 15) is 18.0 Å². The zero-order chi connectivity index (χ0) is 18.4. The molecule has 26 heavy (non-hydrogen) atoms. The first-order chi connectivity index (χ1) is 11.8. The molecule has 0 aliphatic heterocycles. The van der Waals surface area contributed by atoms with Crippen LogP contribution in [-0.4, -0.2) is 42.5 Å². The van der Waals surface area contributed by atoms with Crippen LogP contribution in [0.25, 0.3) is 5.69 Å². The molecule has 6 nitrogen and oxygen atoms in total. The molecule has 0 fully saturated rings. The largest absolute Gasteiger partial charge is 0.416 e. The molecule has 0 unspecified atom stereocenters. The van der Waals surface area contributed by atoms with E-state index < -0.39 is 11.7 Å². The van der Waals surface area contributed by atoms with Crippen molar-refractivity contribution >= 4 is 24.1 Å². The Morgan fingerprint density at radius 3 is 2.69 bits per heavy atom. The number of nitrogens with one attached hydrogen (secondary N) is 2. The van der Waals surface area contributed by atoms with Gasteiger partial charge in [-0.2, -0.15) is 18.3 Å². The highest BCUT2D eigenvalue weighted by atomic mass is 35.5. The van der Waals surface area contributed by atoms with Crippen LogP contribution < -0.4 is 10.6 Å². The predicted octanol–water partition coefficient (Wildman–Crippen LogP) is 2.80. The number of anilines is 1. The second-order valence-corrected chi connectivity index (χ2v) is 5.35. The standard InChI is InChI=1S/C16H19F3N4O2.ClH/c1-11-8-14(21-15(24)10-20-6-7-25-2)23(22-11)13-5-3-4-12(9-13)16(17,18)19;/h3-5,8-9,20H,6-7,10H2,1-2H3,(H,21,24);1H. The fourth-order valence-electron chi connectivity index (χ4n) is 2.16. The van der Waals surface area contributed by atoms with Crippen LogP contribution in [0.15, 0.2) is 30.3 Å². The second-order valence-electron chi connectivity index (χ2n) is 5.35. The van der Waals surface area contributed by atoms with Crippen LogP contribution in [0.4, 0.5) is 19.0 Å². The summed E-state index contributed by atoms with van der Waals surface area (Å²) < 4.78 is 44.8. The lowest BCUT2D eigenvalue weighted by Crippen LogP contribution is -2.30. The van der Waals surface area contributed by atoms with Crippen LogP contribution in [0.1, 0.15) is 11.3 Å². The highest BCUT2D eigenvalue weighted by Crippen LogP contribution is 2.30. The smallest absolute Gasteiger partial charge is 0.383 e. The highest BCUT2D eigenvalue weighted by Gasteiger charge is 2.30. The number of rotatable bonds is 7. The van der Waals surface area contributed by atoms with E-state index >= 15 is 0 Å². The normalized spacial score (nSPS) is 11.1. The maximum atomic E-state index is 12.9. The van der Waals surface area contributed by atoms with Crippen LogP contribution in [0, 0.1) is 6.92 Å². The summed E-state index contributed by atoms with van der Waals surface area (Å²) in [6, 6.07) is 6.35. The van der Waals surface area contributed by atoms with Crippen LogP contribution in [0.3, 0.4) is 0 Å². The maximum Gasteiger partial charge on any atom is 0.416 e. The molecule has 144 valence electrons. The number of hydrogen-bond donors (Lipinski definition) is 2. The van der Waals surface area contributed by atoms with Gasteiger partial charge in [-0.1, -0.05) is 6.07 Å². The number of hydrogen-bond acceptors (Lipinski definition) is 4. The van der Waals surface area contributed by atoms with Gasteiger partial charge in [-0.25, -0.2) is 4.68 Å². The van der Waals surface area contributed by atoms with Crippen molar-refractivity contribution in [3.05, 3.63) is 41.6 Å². The number of carbonyl (C=O) groups is 1. The van der Waals surface area contributed by atoms with E-state index in [4.69, 9.17) is 4.74 Å². The van der Waals surface area contributed by atoms with Crippen molar-refractivity contribution in [3.63, 3.8) is 0 Å². The Morgan fingerprint density at radius 1 is 1.31 bits per heavy atom. The molecule has 0 radical (unpaired) electrons. The van der Waals surface area contributed by atoms with Crippen molar-refractivity contribution < 1.29 is 22.7 Å². The van der Waals surface area contributed by atoms with Gasteiger partial charge in [-0.3, -0.25) is 4.79 Å². The Hall–Kier alpha value is -2.10. The van der Waals surface area contributed by atoms with E-state index in [1.807, 2.05) is 0 Å². The molecular formula is C16H20ClF3N4O2. The molecule has 1 aromatic carbocycles. The summed E-state index contributed by atoms with van der Waals surface area (Å²) in [7, 11) is 1.55. The zero-order valence-corrected chi connectivity index (χ0v) is 15.1.